The summed E-state index contributed by atoms with van der Waals surface area (Å²) in [6, 6.07) is 3.00. The van der Waals surface area contributed by atoms with E-state index in [1.54, 1.807) is 6.07 Å². The average Bonchev–Trinajstić information content (AvgIpc) is 2.46. The molecule has 128 valence electrons. The normalized spacial score (nSPS) is 12.1. The van der Waals surface area contributed by atoms with Gasteiger partial charge in [-0.15, -0.1) is 0 Å². The Bertz CT molecular complexity index is 552. The number of nitrogens with one attached hydrogen (secondary N) is 2. The van der Waals surface area contributed by atoms with Gasteiger partial charge in [-0.05, 0) is 37.0 Å². The number of Topliss-reactive ketones (excluding diaryl/α,β-unsaturated/α-hetero) is 1. The van der Waals surface area contributed by atoms with E-state index in [1.165, 1.54) is 12.1 Å². The Hall–Kier alpha value is -1.47. The lowest BCUT2D eigenvalue weighted by molar-refractivity contribution is -0.121. The third-order valence-corrected chi connectivity index (χ3v) is 3.65. The largest absolute Gasteiger partial charge is 0.396 e. The van der Waals surface area contributed by atoms with E-state index in [1.807, 2.05) is 13.8 Å². The number of amides is 2. The SMILES string of the molecule is CC(C)C[C@H](NC(=O)Nc1ccc(Br)cc1F)C(=O)CCCO. The maximum Gasteiger partial charge on any atom is 0.319 e. The van der Waals surface area contributed by atoms with Gasteiger partial charge < -0.3 is 15.7 Å². The molecule has 0 saturated carbocycles. The summed E-state index contributed by atoms with van der Waals surface area (Å²) in [6.07, 6.45) is 1.04. The molecule has 7 heteroatoms. The Balaban J connectivity index is 2.70. The van der Waals surface area contributed by atoms with E-state index in [0.717, 1.165) is 0 Å². The molecule has 0 aliphatic carbocycles. The van der Waals surface area contributed by atoms with Gasteiger partial charge in [0.05, 0.1) is 11.7 Å². The van der Waals surface area contributed by atoms with Crippen LogP contribution in [0.25, 0.3) is 0 Å². The first-order valence-corrected chi connectivity index (χ1v) is 8.29. The van der Waals surface area contributed by atoms with Crippen molar-refractivity contribution < 1.29 is 19.1 Å². The van der Waals surface area contributed by atoms with Gasteiger partial charge in [0.1, 0.15) is 5.82 Å². The number of benzene rings is 1. The number of urea groups is 1. The summed E-state index contributed by atoms with van der Waals surface area (Å²) >= 11 is 3.14. The Kier molecular flexibility index (Phi) is 8.19. The summed E-state index contributed by atoms with van der Waals surface area (Å²) in [5.74, 6) is -0.497. The van der Waals surface area contributed by atoms with E-state index in [-0.39, 0.29) is 30.4 Å². The van der Waals surface area contributed by atoms with Gasteiger partial charge in [-0.25, -0.2) is 9.18 Å². The number of hydrogen-bond acceptors (Lipinski definition) is 3. The maximum absolute atomic E-state index is 13.7. The Morgan fingerprint density at radius 2 is 2.04 bits per heavy atom. The highest BCUT2D eigenvalue weighted by Crippen LogP contribution is 2.19. The van der Waals surface area contributed by atoms with Gasteiger partial charge in [-0.2, -0.15) is 0 Å². The number of carbonyl (C=O) groups is 2. The van der Waals surface area contributed by atoms with Gasteiger partial charge in [0.25, 0.3) is 0 Å². The fourth-order valence-corrected chi connectivity index (χ4v) is 2.41. The van der Waals surface area contributed by atoms with Crippen LogP contribution in [-0.4, -0.2) is 29.6 Å². The van der Waals surface area contributed by atoms with Crippen molar-refractivity contribution in [1.29, 1.82) is 0 Å². The zero-order valence-electron chi connectivity index (χ0n) is 13.2. The predicted molar refractivity (Wildman–Crippen MR) is 90.8 cm³/mol. The van der Waals surface area contributed by atoms with Crippen LogP contribution >= 0.6 is 15.9 Å². The molecule has 0 unspecified atom stereocenters. The van der Waals surface area contributed by atoms with E-state index in [2.05, 4.69) is 26.6 Å². The number of aliphatic hydroxyl groups is 1. The minimum Gasteiger partial charge on any atom is -0.396 e. The summed E-state index contributed by atoms with van der Waals surface area (Å²) in [5, 5.41) is 13.8. The third kappa shape index (κ3) is 7.09. The fraction of sp³-hybridized carbons (Fsp3) is 0.500. The number of rotatable bonds is 8. The van der Waals surface area contributed by atoms with Crippen molar-refractivity contribution in [3.05, 3.63) is 28.5 Å². The van der Waals surface area contributed by atoms with Gasteiger partial charge in [0.2, 0.25) is 0 Å². The molecule has 5 nitrogen and oxygen atoms in total. The molecule has 0 heterocycles. The second-order valence-electron chi connectivity index (χ2n) is 5.70. The Morgan fingerprint density at radius 3 is 2.61 bits per heavy atom. The molecule has 0 aromatic heterocycles. The van der Waals surface area contributed by atoms with Crippen molar-refractivity contribution in [2.24, 2.45) is 5.92 Å². The van der Waals surface area contributed by atoms with Crippen molar-refractivity contribution in [1.82, 2.24) is 5.32 Å². The average molecular weight is 389 g/mol. The molecule has 2 amide bonds. The van der Waals surface area contributed by atoms with Gasteiger partial charge in [0.15, 0.2) is 5.78 Å². The van der Waals surface area contributed by atoms with E-state index in [4.69, 9.17) is 5.11 Å². The van der Waals surface area contributed by atoms with Crippen LogP contribution in [0.15, 0.2) is 22.7 Å². The minimum atomic E-state index is -0.653. The van der Waals surface area contributed by atoms with Crippen molar-refractivity contribution in [2.45, 2.75) is 39.2 Å². The molecule has 0 fully saturated rings. The van der Waals surface area contributed by atoms with Gasteiger partial charge in [-0.3, -0.25) is 4.79 Å². The lowest BCUT2D eigenvalue weighted by Crippen LogP contribution is -2.44. The van der Waals surface area contributed by atoms with Crippen molar-refractivity contribution in [3.8, 4) is 0 Å². The fourth-order valence-electron chi connectivity index (χ4n) is 2.08. The standard InChI is InChI=1S/C16H22BrFN2O3/c1-10(2)8-14(15(22)4-3-7-21)20-16(23)19-13-6-5-11(17)9-12(13)18/h5-6,9-10,14,21H,3-4,7-8H2,1-2H3,(H2,19,20,23)/t14-/m0/s1. The zero-order valence-corrected chi connectivity index (χ0v) is 14.8. The second-order valence-corrected chi connectivity index (χ2v) is 6.61. The Morgan fingerprint density at radius 1 is 1.35 bits per heavy atom. The first-order chi connectivity index (χ1) is 10.8. The van der Waals surface area contributed by atoms with Crippen LogP contribution in [0, 0.1) is 11.7 Å². The van der Waals surface area contributed by atoms with Crippen LogP contribution in [0.4, 0.5) is 14.9 Å². The predicted octanol–water partition coefficient (Wildman–Crippen LogP) is 3.47. The molecule has 3 N–H and O–H groups in total. The molecule has 1 atom stereocenters. The molecular weight excluding hydrogens is 367 g/mol. The topological polar surface area (TPSA) is 78.4 Å². The molecular formula is C16H22BrFN2O3. The maximum atomic E-state index is 13.7. The van der Waals surface area contributed by atoms with Crippen LogP contribution in [-0.2, 0) is 4.79 Å². The summed E-state index contributed by atoms with van der Waals surface area (Å²) < 4.78 is 14.3. The van der Waals surface area contributed by atoms with Gasteiger partial charge in [0, 0.05) is 17.5 Å². The lowest BCUT2D eigenvalue weighted by Gasteiger charge is -2.20. The number of ketones is 1. The highest BCUT2D eigenvalue weighted by atomic mass is 79.9. The van der Waals surface area contributed by atoms with Crippen LogP contribution in [0.3, 0.4) is 0 Å². The molecule has 0 radical (unpaired) electrons. The summed E-state index contributed by atoms with van der Waals surface area (Å²) in [7, 11) is 0. The molecule has 23 heavy (non-hydrogen) atoms. The van der Waals surface area contributed by atoms with Gasteiger partial charge >= 0.3 is 6.03 Å². The van der Waals surface area contributed by atoms with Crippen LogP contribution in [0.2, 0.25) is 0 Å². The first-order valence-electron chi connectivity index (χ1n) is 7.49. The first kappa shape index (κ1) is 19.6. The van der Waals surface area contributed by atoms with Crippen LogP contribution in [0.5, 0.6) is 0 Å². The minimum absolute atomic E-state index is 0.0387. The molecule has 0 aliphatic rings. The molecule has 1 rings (SSSR count). The van der Waals surface area contributed by atoms with E-state index < -0.39 is 17.9 Å². The number of hydrogen-bond donors (Lipinski definition) is 3. The summed E-state index contributed by atoms with van der Waals surface area (Å²) in [4.78, 5) is 24.1. The monoisotopic (exact) mass is 388 g/mol. The highest BCUT2D eigenvalue weighted by Gasteiger charge is 2.21. The number of anilines is 1. The molecule has 0 aliphatic heterocycles. The number of aliphatic hydroxyl groups excluding tert-OH is 1. The third-order valence-electron chi connectivity index (χ3n) is 3.16. The van der Waals surface area contributed by atoms with E-state index in [9.17, 15) is 14.0 Å². The van der Waals surface area contributed by atoms with Crippen molar-refractivity contribution >= 4 is 33.4 Å². The van der Waals surface area contributed by atoms with Gasteiger partial charge in [-0.1, -0.05) is 29.8 Å². The number of carbonyl (C=O) groups excluding carboxylic acids is 2. The quantitative estimate of drug-likeness (QED) is 0.637. The molecule has 1 aromatic carbocycles. The smallest absolute Gasteiger partial charge is 0.319 e. The lowest BCUT2D eigenvalue weighted by atomic mass is 9.98. The van der Waals surface area contributed by atoms with Crippen molar-refractivity contribution in [3.63, 3.8) is 0 Å². The van der Waals surface area contributed by atoms with Crippen LogP contribution in [0.1, 0.15) is 33.1 Å². The van der Waals surface area contributed by atoms with E-state index >= 15 is 0 Å². The molecule has 1 aromatic rings. The molecule has 0 spiro atoms. The van der Waals surface area contributed by atoms with Crippen molar-refractivity contribution in [2.75, 3.05) is 11.9 Å². The van der Waals surface area contributed by atoms with E-state index in [0.29, 0.717) is 17.3 Å². The molecule has 0 saturated heterocycles. The second kappa shape index (κ2) is 9.62. The zero-order chi connectivity index (χ0) is 17.4. The summed E-state index contributed by atoms with van der Waals surface area (Å²) in [5.41, 5.74) is 0.0387. The highest BCUT2D eigenvalue weighted by molar-refractivity contribution is 9.10. The Labute approximate surface area is 143 Å². The van der Waals surface area contributed by atoms with Crippen LogP contribution < -0.4 is 10.6 Å². The molecule has 0 bridgehead atoms. The summed E-state index contributed by atoms with van der Waals surface area (Å²) in [6.45, 7) is 3.82. The number of halogens is 2.